The molecular weight excluding hydrogens is 344 g/mol. The van der Waals surface area contributed by atoms with Crippen LogP contribution in [0.3, 0.4) is 0 Å². The number of rotatable bonds is 5. The van der Waals surface area contributed by atoms with Gasteiger partial charge in [0.05, 0.1) is 18.3 Å². The van der Waals surface area contributed by atoms with Crippen LogP contribution >= 0.6 is 0 Å². The quantitative estimate of drug-likeness (QED) is 0.840. The molecule has 1 aromatic heterocycles. The molecule has 7 heteroatoms. The first-order valence-corrected chi connectivity index (χ1v) is 9.06. The zero-order chi connectivity index (χ0) is 19.8. The number of amides is 2. The predicted octanol–water partition coefficient (Wildman–Crippen LogP) is 3.73. The van der Waals surface area contributed by atoms with Crippen LogP contribution < -0.4 is 15.4 Å². The van der Waals surface area contributed by atoms with Gasteiger partial charge in [0.1, 0.15) is 5.75 Å². The Morgan fingerprint density at radius 2 is 1.89 bits per heavy atom. The van der Waals surface area contributed by atoms with E-state index in [1.54, 1.807) is 18.2 Å². The predicted molar refractivity (Wildman–Crippen MR) is 104 cm³/mol. The molecule has 0 saturated heterocycles. The van der Waals surface area contributed by atoms with E-state index in [2.05, 4.69) is 36.5 Å². The van der Waals surface area contributed by atoms with Crippen LogP contribution in [0.1, 0.15) is 62.6 Å². The third-order valence-corrected chi connectivity index (χ3v) is 4.37. The minimum Gasteiger partial charge on any atom is -0.494 e. The molecular formula is C20H26N4O3. The zero-order valence-electron chi connectivity index (χ0n) is 16.4. The monoisotopic (exact) mass is 370 g/mol. The highest BCUT2D eigenvalue weighted by molar-refractivity contribution is 6.03. The maximum atomic E-state index is 12.7. The molecule has 2 amide bonds. The van der Waals surface area contributed by atoms with Gasteiger partial charge in [0, 0.05) is 30.3 Å². The van der Waals surface area contributed by atoms with Crippen LogP contribution in [0.2, 0.25) is 0 Å². The van der Waals surface area contributed by atoms with E-state index < -0.39 is 0 Å². The van der Waals surface area contributed by atoms with Crippen LogP contribution in [-0.2, 0) is 10.3 Å². The minimum atomic E-state index is -0.269. The normalized spacial score (nSPS) is 14.0. The van der Waals surface area contributed by atoms with Gasteiger partial charge in [-0.3, -0.25) is 14.3 Å². The fourth-order valence-corrected chi connectivity index (χ4v) is 2.97. The lowest BCUT2D eigenvalue weighted by Gasteiger charge is -2.22. The van der Waals surface area contributed by atoms with Gasteiger partial charge >= 0.3 is 0 Å². The van der Waals surface area contributed by atoms with Gasteiger partial charge in [-0.15, -0.1) is 0 Å². The van der Waals surface area contributed by atoms with Crippen LogP contribution in [0.5, 0.6) is 5.75 Å². The van der Waals surface area contributed by atoms with Gasteiger partial charge in [0.25, 0.3) is 5.91 Å². The van der Waals surface area contributed by atoms with Crippen molar-refractivity contribution in [3.8, 4) is 5.75 Å². The van der Waals surface area contributed by atoms with Crippen LogP contribution in [0.15, 0.2) is 24.3 Å². The molecule has 1 aromatic carbocycles. The summed E-state index contributed by atoms with van der Waals surface area (Å²) >= 11 is 0. The van der Waals surface area contributed by atoms with Gasteiger partial charge in [0.15, 0.2) is 5.69 Å². The molecule has 1 aliphatic carbocycles. The summed E-state index contributed by atoms with van der Waals surface area (Å²) in [6.07, 6.45) is 2.29. The lowest BCUT2D eigenvalue weighted by atomic mass is 10.1. The van der Waals surface area contributed by atoms with Crippen LogP contribution in [-0.4, -0.2) is 28.7 Å². The molecule has 144 valence electrons. The van der Waals surface area contributed by atoms with Crippen molar-refractivity contribution in [1.82, 2.24) is 9.78 Å². The Balaban J connectivity index is 1.82. The number of anilines is 2. The van der Waals surface area contributed by atoms with E-state index in [0.29, 0.717) is 28.7 Å². The second-order valence-electron chi connectivity index (χ2n) is 7.86. The summed E-state index contributed by atoms with van der Waals surface area (Å²) in [6.45, 7) is 7.68. The zero-order valence-corrected chi connectivity index (χ0v) is 16.4. The summed E-state index contributed by atoms with van der Waals surface area (Å²) in [5.41, 5.74) is 2.46. The van der Waals surface area contributed by atoms with Gasteiger partial charge in [-0.05, 0) is 51.8 Å². The maximum absolute atomic E-state index is 12.7. The van der Waals surface area contributed by atoms with Gasteiger partial charge in [-0.25, -0.2) is 0 Å². The highest BCUT2D eigenvalue weighted by atomic mass is 16.5. The Morgan fingerprint density at radius 1 is 1.19 bits per heavy atom. The highest BCUT2D eigenvalue weighted by Crippen LogP contribution is 2.41. The third-order valence-electron chi connectivity index (χ3n) is 4.37. The second kappa shape index (κ2) is 7.06. The average molecular weight is 370 g/mol. The Kier molecular flexibility index (Phi) is 4.95. The fraction of sp³-hybridized carbons (Fsp3) is 0.450. The third kappa shape index (κ3) is 4.30. The summed E-state index contributed by atoms with van der Waals surface area (Å²) in [5, 5.41) is 10.1. The number of benzene rings is 1. The smallest absolute Gasteiger partial charge is 0.276 e. The molecule has 1 fully saturated rings. The average Bonchev–Trinajstić information content (AvgIpc) is 3.32. The van der Waals surface area contributed by atoms with Crippen LogP contribution in [0, 0.1) is 0 Å². The van der Waals surface area contributed by atoms with Crippen LogP contribution in [0.25, 0.3) is 0 Å². The summed E-state index contributed by atoms with van der Waals surface area (Å²) in [5.74, 6) is 0.511. The van der Waals surface area contributed by atoms with Crippen molar-refractivity contribution in [2.75, 3.05) is 17.7 Å². The summed E-state index contributed by atoms with van der Waals surface area (Å²) < 4.78 is 7.25. The molecule has 0 spiro atoms. The van der Waals surface area contributed by atoms with E-state index in [9.17, 15) is 9.59 Å². The second-order valence-corrected chi connectivity index (χ2v) is 7.86. The van der Waals surface area contributed by atoms with E-state index >= 15 is 0 Å². The first kappa shape index (κ1) is 18.9. The number of carbonyl (C=O) groups is 2. The number of methoxy groups -OCH3 is 1. The molecule has 2 N–H and O–H groups in total. The van der Waals surface area contributed by atoms with Crippen molar-refractivity contribution in [3.05, 3.63) is 35.7 Å². The molecule has 1 heterocycles. The van der Waals surface area contributed by atoms with Gasteiger partial charge in [-0.2, -0.15) is 5.10 Å². The number of ether oxygens (including phenoxy) is 1. The molecule has 0 bridgehead atoms. The Hall–Kier alpha value is -2.83. The lowest BCUT2D eigenvalue weighted by Crippen LogP contribution is -2.25. The Bertz CT molecular complexity index is 876. The van der Waals surface area contributed by atoms with Crippen molar-refractivity contribution in [2.24, 2.45) is 0 Å². The summed E-state index contributed by atoms with van der Waals surface area (Å²) in [4.78, 5) is 24.0. The molecule has 7 nitrogen and oxygen atoms in total. The topological polar surface area (TPSA) is 85.2 Å². The van der Waals surface area contributed by atoms with E-state index in [0.717, 1.165) is 18.5 Å². The van der Waals surface area contributed by atoms with Crippen molar-refractivity contribution < 1.29 is 14.3 Å². The first-order valence-electron chi connectivity index (χ1n) is 9.06. The summed E-state index contributed by atoms with van der Waals surface area (Å²) in [7, 11) is 1.51. The number of hydrogen-bond acceptors (Lipinski definition) is 4. The van der Waals surface area contributed by atoms with Gasteiger partial charge in [0.2, 0.25) is 5.91 Å². The number of nitrogens with zero attached hydrogens (tertiary/aromatic N) is 2. The highest BCUT2D eigenvalue weighted by Gasteiger charge is 2.32. The number of aromatic nitrogens is 2. The molecule has 2 aromatic rings. The Morgan fingerprint density at radius 3 is 2.44 bits per heavy atom. The fourth-order valence-electron chi connectivity index (χ4n) is 2.97. The molecule has 0 unspecified atom stereocenters. The molecule has 0 atom stereocenters. The molecule has 0 radical (unpaired) electrons. The number of hydrogen-bond donors (Lipinski definition) is 2. The van der Waals surface area contributed by atoms with Crippen molar-refractivity contribution >= 4 is 23.2 Å². The first-order chi connectivity index (χ1) is 12.7. The van der Waals surface area contributed by atoms with Crippen molar-refractivity contribution in [1.29, 1.82) is 0 Å². The van der Waals surface area contributed by atoms with E-state index in [1.165, 1.54) is 14.0 Å². The molecule has 3 rings (SSSR count). The molecule has 1 aliphatic rings. The van der Waals surface area contributed by atoms with Crippen molar-refractivity contribution in [2.45, 2.75) is 52.0 Å². The van der Waals surface area contributed by atoms with E-state index in [-0.39, 0.29) is 17.4 Å². The lowest BCUT2D eigenvalue weighted by molar-refractivity contribution is -0.114. The summed E-state index contributed by atoms with van der Waals surface area (Å²) in [6, 6.07) is 6.97. The van der Waals surface area contributed by atoms with E-state index in [4.69, 9.17) is 4.74 Å². The SMILES string of the molecule is COc1cc(NC(=O)c2cc(C3CC3)n(C(C)(C)C)n2)ccc1NC(C)=O. The number of carbonyl (C=O) groups excluding carboxylic acids is 2. The minimum absolute atomic E-state index is 0.181. The Labute approximate surface area is 159 Å². The number of nitrogens with one attached hydrogen (secondary N) is 2. The van der Waals surface area contributed by atoms with Gasteiger partial charge < -0.3 is 15.4 Å². The van der Waals surface area contributed by atoms with Crippen molar-refractivity contribution in [3.63, 3.8) is 0 Å². The standard InChI is InChI=1S/C20H26N4O3/c1-12(25)21-15-9-8-14(10-18(15)27-5)22-19(26)16-11-17(13-6-7-13)24(23-16)20(2,3)4/h8-11,13H,6-7H2,1-5H3,(H,21,25)(H,22,26). The van der Waals surface area contributed by atoms with E-state index in [1.807, 2.05) is 10.7 Å². The largest absolute Gasteiger partial charge is 0.494 e. The maximum Gasteiger partial charge on any atom is 0.276 e. The van der Waals surface area contributed by atoms with Crippen LogP contribution in [0.4, 0.5) is 11.4 Å². The molecule has 1 saturated carbocycles. The molecule has 27 heavy (non-hydrogen) atoms. The van der Waals surface area contributed by atoms with Gasteiger partial charge in [-0.1, -0.05) is 0 Å². The molecule has 0 aliphatic heterocycles.